The third-order valence-electron chi connectivity index (χ3n) is 2.43. The molecule has 0 aliphatic rings. The second kappa shape index (κ2) is 8.09. The van der Waals surface area contributed by atoms with Crippen LogP contribution in [0, 0.1) is 0 Å². The Bertz CT molecular complexity index is 481. The maximum absolute atomic E-state index is 11.9. The fraction of sp³-hybridized carbons (Fsp3) is 0.462. The van der Waals surface area contributed by atoms with Crippen LogP contribution in [0.15, 0.2) is 18.2 Å². The van der Waals surface area contributed by atoms with Gasteiger partial charge in [0.25, 0.3) is 5.91 Å². The highest BCUT2D eigenvalue weighted by Crippen LogP contribution is 2.22. The lowest BCUT2D eigenvalue weighted by Crippen LogP contribution is -2.36. The molecule has 8 heteroatoms. The van der Waals surface area contributed by atoms with Gasteiger partial charge in [-0.1, -0.05) is 18.5 Å². The Hall–Kier alpha value is -1.47. The van der Waals surface area contributed by atoms with Crippen LogP contribution in [0.3, 0.4) is 0 Å². The number of halogens is 4. The number of nitrogens with one attached hydrogen (secondary N) is 2. The van der Waals surface area contributed by atoms with E-state index in [-0.39, 0.29) is 0 Å². The molecule has 0 heterocycles. The summed E-state index contributed by atoms with van der Waals surface area (Å²) in [5, 5.41) is 5.32. The van der Waals surface area contributed by atoms with Crippen LogP contribution in [-0.2, 0) is 11.3 Å². The molecule has 118 valence electrons. The SMILES string of the molecule is CCNCc1cc(Cl)ccc1OCC(=O)NCC(F)(F)F. The van der Waals surface area contributed by atoms with E-state index in [0.717, 1.165) is 12.1 Å². The molecule has 0 spiro atoms. The molecule has 0 saturated carbocycles. The highest BCUT2D eigenvalue weighted by molar-refractivity contribution is 6.30. The van der Waals surface area contributed by atoms with Gasteiger partial charge >= 0.3 is 6.18 Å². The standard InChI is InChI=1S/C13H16ClF3N2O2/c1-2-18-6-9-5-10(14)3-4-11(9)21-7-12(20)19-8-13(15,16)17/h3-5,18H,2,6-8H2,1H3,(H,19,20). The number of carbonyl (C=O) groups excluding carboxylic acids is 1. The molecule has 0 aliphatic heterocycles. The topological polar surface area (TPSA) is 50.4 Å². The molecular formula is C13H16ClF3N2O2. The van der Waals surface area contributed by atoms with Crippen molar-refractivity contribution in [3.8, 4) is 5.75 Å². The van der Waals surface area contributed by atoms with Gasteiger partial charge in [-0.3, -0.25) is 4.79 Å². The van der Waals surface area contributed by atoms with Crippen molar-refractivity contribution in [1.29, 1.82) is 0 Å². The molecule has 0 aliphatic carbocycles. The van der Waals surface area contributed by atoms with Crippen LogP contribution in [0.4, 0.5) is 13.2 Å². The van der Waals surface area contributed by atoms with E-state index >= 15 is 0 Å². The smallest absolute Gasteiger partial charge is 0.405 e. The molecular weight excluding hydrogens is 309 g/mol. The largest absolute Gasteiger partial charge is 0.483 e. The lowest BCUT2D eigenvalue weighted by Gasteiger charge is -2.13. The number of rotatable bonds is 7. The van der Waals surface area contributed by atoms with Gasteiger partial charge in [-0.15, -0.1) is 0 Å². The van der Waals surface area contributed by atoms with Crippen molar-refractivity contribution in [3.05, 3.63) is 28.8 Å². The lowest BCUT2D eigenvalue weighted by molar-refractivity contribution is -0.139. The van der Waals surface area contributed by atoms with Crippen molar-refractivity contribution in [2.45, 2.75) is 19.6 Å². The first-order valence-electron chi connectivity index (χ1n) is 6.27. The number of alkyl halides is 3. The van der Waals surface area contributed by atoms with E-state index in [9.17, 15) is 18.0 Å². The van der Waals surface area contributed by atoms with Crippen LogP contribution in [0.5, 0.6) is 5.75 Å². The van der Waals surface area contributed by atoms with Crippen LogP contribution in [0.1, 0.15) is 12.5 Å². The molecule has 0 atom stereocenters. The van der Waals surface area contributed by atoms with Crippen molar-refractivity contribution in [1.82, 2.24) is 10.6 Å². The Kier molecular flexibility index (Phi) is 6.77. The Balaban J connectivity index is 2.56. The van der Waals surface area contributed by atoms with Crippen LogP contribution in [-0.4, -0.2) is 31.8 Å². The van der Waals surface area contributed by atoms with Crippen LogP contribution in [0.25, 0.3) is 0 Å². The van der Waals surface area contributed by atoms with E-state index in [1.54, 1.807) is 23.5 Å². The quantitative estimate of drug-likeness (QED) is 0.810. The zero-order valence-electron chi connectivity index (χ0n) is 11.4. The van der Waals surface area contributed by atoms with Gasteiger partial charge in [0.1, 0.15) is 12.3 Å². The average Bonchev–Trinajstić information content (AvgIpc) is 2.41. The van der Waals surface area contributed by atoms with Gasteiger partial charge < -0.3 is 15.4 Å². The summed E-state index contributed by atoms with van der Waals surface area (Å²) in [6.45, 7) is 1.28. The maximum atomic E-state index is 11.9. The van der Waals surface area contributed by atoms with E-state index in [0.29, 0.717) is 17.3 Å². The van der Waals surface area contributed by atoms with Crippen molar-refractivity contribution in [2.24, 2.45) is 0 Å². The summed E-state index contributed by atoms with van der Waals surface area (Å²) in [5.74, 6) is -0.431. The van der Waals surface area contributed by atoms with Crippen LogP contribution < -0.4 is 15.4 Å². The van der Waals surface area contributed by atoms with E-state index in [4.69, 9.17) is 16.3 Å². The number of hydrogen-bond acceptors (Lipinski definition) is 3. The summed E-state index contributed by atoms with van der Waals surface area (Å²) in [6.07, 6.45) is -4.44. The third-order valence-corrected chi connectivity index (χ3v) is 2.67. The van der Waals surface area contributed by atoms with Gasteiger partial charge in [0, 0.05) is 17.1 Å². The number of carbonyl (C=O) groups is 1. The van der Waals surface area contributed by atoms with Gasteiger partial charge in [0.15, 0.2) is 6.61 Å². The Labute approximate surface area is 125 Å². The molecule has 21 heavy (non-hydrogen) atoms. The fourth-order valence-corrected chi connectivity index (χ4v) is 1.67. The predicted octanol–water partition coefficient (Wildman–Crippen LogP) is 2.51. The minimum absolute atomic E-state index is 0.405. The molecule has 0 radical (unpaired) electrons. The molecule has 1 aromatic carbocycles. The molecule has 0 unspecified atom stereocenters. The first-order valence-corrected chi connectivity index (χ1v) is 6.65. The van der Waals surface area contributed by atoms with Crippen LogP contribution >= 0.6 is 11.6 Å². The second-order valence-corrected chi connectivity index (χ2v) is 4.65. The highest BCUT2D eigenvalue weighted by atomic mass is 35.5. The summed E-state index contributed by atoms with van der Waals surface area (Å²) < 4.78 is 41.1. The van der Waals surface area contributed by atoms with Crippen molar-refractivity contribution >= 4 is 17.5 Å². The maximum Gasteiger partial charge on any atom is 0.405 e. The highest BCUT2D eigenvalue weighted by Gasteiger charge is 2.27. The van der Waals surface area contributed by atoms with Crippen LogP contribution in [0.2, 0.25) is 5.02 Å². The lowest BCUT2D eigenvalue weighted by atomic mass is 10.2. The molecule has 1 aromatic rings. The van der Waals surface area contributed by atoms with Crippen molar-refractivity contribution < 1.29 is 22.7 Å². The van der Waals surface area contributed by atoms with Crippen molar-refractivity contribution in [2.75, 3.05) is 19.7 Å². The number of ether oxygens (including phenoxy) is 1. The number of hydrogen-bond donors (Lipinski definition) is 2. The summed E-state index contributed by atoms with van der Waals surface area (Å²) in [4.78, 5) is 11.3. The van der Waals surface area contributed by atoms with Gasteiger partial charge in [-0.25, -0.2) is 0 Å². The summed E-state index contributed by atoms with van der Waals surface area (Å²) in [7, 11) is 0. The predicted molar refractivity (Wildman–Crippen MR) is 73.4 cm³/mol. The van der Waals surface area contributed by atoms with E-state index in [2.05, 4.69) is 5.32 Å². The summed E-state index contributed by atoms with van der Waals surface area (Å²) in [5.41, 5.74) is 0.730. The number of benzene rings is 1. The van der Waals surface area contributed by atoms with Gasteiger partial charge in [0.05, 0.1) is 0 Å². The van der Waals surface area contributed by atoms with Crippen molar-refractivity contribution in [3.63, 3.8) is 0 Å². The first kappa shape index (κ1) is 17.6. The van der Waals surface area contributed by atoms with Gasteiger partial charge in [0.2, 0.25) is 0 Å². The Morgan fingerprint density at radius 1 is 1.38 bits per heavy atom. The zero-order valence-corrected chi connectivity index (χ0v) is 12.1. The third kappa shape index (κ3) is 7.19. The minimum atomic E-state index is -4.44. The molecule has 1 rings (SSSR count). The molecule has 0 fully saturated rings. The Morgan fingerprint density at radius 2 is 2.10 bits per heavy atom. The monoisotopic (exact) mass is 324 g/mol. The molecule has 4 nitrogen and oxygen atoms in total. The fourth-order valence-electron chi connectivity index (χ4n) is 1.48. The normalized spacial score (nSPS) is 11.3. The summed E-state index contributed by atoms with van der Waals surface area (Å²) in [6, 6.07) is 4.83. The Morgan fingerprint density at radius 3 is 2.71 bits per heavy atom. The first-order chi connectivity index (χ1) is 9.81. The van der Waals surface area contributed by atoms with Gasteiger partial charge in [-0.2, -0.15) is 13.2 Å². The second-order valence-electron chi connectivity index (χ2n) is 4.21. The zero-order chi connectivity index (χ0) is 15.9. The van der Waals surface area contributed by atoms with E-state index < -0.39 is 25.2 Å². The molecule has 0 bridgehead atoms. The molecule has 2 N–H and O–H groups in total. The van der Waals surface area contributed by atoms with E-state index in [1.807, 2.05) is 6.92 Å². The molecule has 0 aromatic heterocycles. The van der Waals surface area contributed by atoms with E-state index in [1.165, 1.54) is 0 Å². The number of amides is 1. The average molecular weight is 325 g/mol. The molecule has 0 saturated heterocycles. The van der Waals surface area contributed by atoms with Gasteiger partial charge in [-0.05, 0) is 24.7 Å². The minimum Gasteiger partial charge on any atom is -0.483 e. The molecule has 1 amide bonds. The summed E-state index contributed by atoms with van der Waals surface area (Å²) >= 11 is 5.87.